The molecule has 0 N–H and O–H groups in total. The summed E-state index contributed by atoms with van der Waals surface area (Å²) in [4.78, 5) is 2.67. The molecule has 2 rings (SSSR count). The Balaban J connectivity index is 2.38. The molecule has 6 nitrogen and oxygen atoms in total. The maximum atomic E-state index is 11.9. The van der Waals surface area contributed by atoms with Gasteiger partial charge in [-0.25, -0.2) is 4.21 Å². The molecule has 8 heteroatoms. The second-order valence-corrected chi connectivity index (χ2v) is 9.23. The number of nitrogens with zero attached hydrogens (tertiary/aromatic N) is 1. The molecule has 2 atom stereocenters. The molecule has 0 radical (unpaired) electrons. The minimum atomic E-state index is -3.51. The third-order valence-corrected chi connectivity index (χ3v) is 6.80. The van der Waals surface area contributed by atoms with Crippen LogP contribution in [0.5, 0.6) is 0 Å². The van der Waals surface area contributed by atoms with Crippen molar-refractivity contribution in [2.24, 2.45) is 0 Å². The van der Waals surface area contributed by atoms with Gasteiger partial charge in [-0.05, 0) is 30.7 Å². The third kappa shape index (κ3) is 3.45. The molecule has 0 bridgehead atoms. The summed E-state index contributed by atoms with van der Waals surface area (Å²) < 4.78 is 44.5. The first-order chi connectivity index (χ1) is 10.6. The number of rotatable bonds is 6. The lowest BCUT2D eigenvalue weighted by Crippen LogP contribution is -2.41. The van der Waals surface area contributed by atoms with Gasteiger partial charge in [0, 0.05) is 23.7 Å². The summed E-state index contributed by atoms with van der Waals surface area (Å²) in [6.45, 7) is 6.61. The van der Waals surface area contributed by atoms with Gasteiger partial charge in [0.2, 0.25) is 0 Å². The first kappa shape index (κ1) is 18.4. The summed E-state index contributed by atoms with van der Waals surface area (Å²) in [5, 5.41) is 0. The molecule has 1 aromatic carbocycles. The van der Waals surface area contributed by atoms with E-state index >= 15 is 0 Å². The largest absolute Gasteiger partial charge is 0.367 e. The van der Waals surface area contributed by atoms with Crippen molar-refractivity contribution in [3.8, 4) is 0 Å². The molecule has 23 heavy (non-hydrogen) atoms. The molecule has 1 aliphatic heterocycles. The highest BCUT2D eigenvalue weighted by Gasteiger charge is 2.42. The van der Waals surface area contributed by atoms with Crippen LogP contribution in [-0.2, 0) is 35.0 Å². The number of benzene rings is 1. The van der Waals surface area contributed by atoms with Gasteiger partial charge in [-0.2, -0.15) is 8.42 Å². The molecule has 0 amide bonds. The fraction of sp³-hybridized carbons (Fsp3) is 0.600. The highest BCUT2D eigenvalue weighted by atomic mass is 32.2. The number of hydrogen-bond acceptors (Lipinski definition) is 6. The van der Waals surface area contributed by atoms with Gasteiger partial charge in [0.15, 0.2) is 11.1 Å². The zero-order valence-electron chi connectivity index (χ0n) is 14.0. The lowest BCUT2D eigenvalue weighted by Gasteiger charge is -2.31. The van der Waals surface area contributed by atoms with E-state index in [9.17, 15) is 12.6 Å². The smallest absolute Gasteiger partial charge is 0.268 e. The average Bonchev–Trinajstić information content (AvgIpc) is 2.71. The van der Waals surface area contributed by atoms with Crippen molar-refractivity contribution in [1.82, 2.24) is 0 Å². The Morgan fingerprint density at radius 1 is 1.30 bits per heavy atom. The lowest BCUT2D eigenvalue weighted by atomic mass is 9.81. The van der Waals surface area contributed by atoms with Gasteiger partial charge in [0.05, 0.1) is 24.9 Å². The molecule has 0 aromatic heterocycles. The normalized spacial score (nSPS) is 21.3. The third-order valence-electron chi connectivity index (χ3n) is 4.66. The molecule has 130 valence electrons. The van der Waals surface area contributed by atoms with Crippen LogP contribution in [0, 0.1) is 0 Å². The van der Waals surface area contributed by atoms with Crippen LogP contribution in [-0.4, -0.2) is 45.2 Å². The molecule has 0 saturated heterocycles. The minimum Gasteiger partial charge on any atom is -0.367 e. The van der Waals surface area contributed by atoms with Crippen molar-refractivity contribution in [3.63, 3.8) is 0 Å². The van der Waals surface area contributed by atoms with Gasteiger partial charge < -0.3 is 4.90 Å². The SMILES string of the molecule is COS(=O)c1ccc2c(c1)C(C)(C)C(C)N2CCS(=O)(=O)OC. The summed E-state index contributed by atoms with van der Waals surface area (Å²) in [6, 6.07) is 5.63. The van der Waals surface area contributed by atoms with Crippen LogP contribution >= 0.6 is 0 Å². The zero-order valence-corrected chi connectivity index (χ0v) is 15.7. The standard InChI is InChI=1S/C15H23NO5S2/c1-11-15(2,3)13-10-12(22(17)20-4)6-7-14(13)16(11)8-9-23(18,19)21-5/h6-7,10-11H,8-9H2,1-5H3. The first-order valence-corrected chi connectivity index (χ1v) is 9.95. The Morgan fingerprint density at radius 2 is 1.96 bits per heavy atom. The fourth-order valence-electron chi connectivity index (χ4n) is 2.91. The van der Waals surface area contributed by atoms with Gasteiger partial charge in [-0.15, -0.1) is 0 Å². The lowest BCUT2D eigenvalue weighted by molar-refractivity contribution is 0.395. The number of anilines is 1. The van der Waals surface area contributed by atoms with E-state index in [0.717, 1.165) is 11.3 Å². The summed E-state index contributed by atoms with van der Waals surface area (Å²) in [5.74, 6) is -0.0743. The highest BCUT2D eigenvalue weighted by Crippen LogP contribution is 2.45. The minimum absolute atomic E-state index is 0.0743. The van der Waals surface area contributed by atoms with Crippen molar-refractivity contribution in [3.05, 3.63) is 23.8 Å². The van der Waals surface area contributed by atoms with Crippen LogP contribution in [0.4, 0.5) is 5.69 Å². The Morgan fingerprint density at radius 3 is 2.52 bits per heavy atom. The topological polar surface area (TPSA) is 72.9 Å². The fourth-order valence-corrected chi connectivity index (χ4v) is 4.09. The Kier molecular flexibility index (Phi) is 5.20. The maximum absolute atomic E-state index is 11.9. The Labute approximate surface area is 140 Å². The quantitative estimate of drug-likeness (QED) is 0.720. The Bertz CT molecular complexity index is 715. The number of hydrogen-bond donors (Lipinski definition) is 0. The van der Waals surface area contributed by atoms with E-state index in [0.29, 0.717) is 11.4 Å². The van der Waals surface area contributed by atoms with Gasteiger partial charge >= 0.3 is 0 Å². The maximum Gasteiger partial charge on any atom is 0.268 e. The van der Waals surface area contributed by atoms with Crippen molar-refractivity contribution >= 4 is 26.9 Å². The molecule has 0 fully saturated rings. The Hall–Kier alpha value is -0.960. The van der Waals surface area contributed by atoms with E-state index in [-0.39, 0.29) is 17.2 Å². The molecule has 0 spiro atoms. The van der Waals surface area contributed by atoms with Crippen LogP contribution in [0.25, 0.3) is 0 Å². The van der Waals surface area contributed by atoms with Gasteiger partial charge in [-0.1, -0.05) is 13.8 Å². The molecule has 0 saturated carbocycles. The van der Waals surface area contributed by atoms with Gasteiger partial charge in [-0.3, -0.25) is 8.37 Å². The second kappa shape index (κ2) is 6.51. The molecule has 1 heterocycles. The van der Waals surface area contributed by atoms with Crippen molar-refractivity contribution in [2.75, 3.05) is 31.4 Å². The molecule has 1 aliphatic rings. The van der Waals surface area contributed by atoms with E-state index in [1.165, 1.54) is 14.2 Å². The van der Waals surface area contributed by atoms with Crippen LogP contribution in [0.3, 0.4) is 0 Å². The van der Waals surface area contributed by atoms with E-state index in [2.05, 4.69) is 29.9 Å². The van der Waals surface area contributed by atoms with Crippen LogP contribution < -0.4 is 4.90 Å². The summed E-state index contributed by atoms with van der Waals surface area (Å²) in [7, 11) is -0.931. The summed E-state index contributed by atoms with van der Waals surface area (Å²) in [6.07, 6.45) is 0. The van der Waals surface area contributed by atoms with Crippen molar-refractivity contribution in [1.29, 1.82) is 0 Å². The van der Waals surface area contributed by atoms with Crippen molar-refractivity contribution in [2.45, 2.75) is 37.1 Å². The average molecular weight is 361 g/mol. The summed E-state index contributed by atoms with van der Waals surface area (Å²) >= 11 is -1.49. The van der Waals surface area contributed by atoms with Crippen molar-refractivity contribution < 1.29 is 21.0 Å². The van der Waals surface area contributed by atoms with Crippen LogP contribution in [0.15, 0.2) is 23.1 Å². The molecular formula is C15H23NO5S2. The molecule has 0 aliphatic carbocycles. The van der Waals surface area contributed by atoms with Crippen LogP contribution in [0.2, 0.25) is 0 Å². The van der Waals surface area contributed by atoms with E-state index in [1.807, 2.05) is 12.1 Å². The number of fused-ring (bicyclic) bond motifs is 1. The van der Waals surface area contributed by atoms with E-state index in [4.69, 9.17) is 4.18 Å². The van der Waals surface area contributed by atoms with Gasteiger partial charge in [0.1, 0.15) is 0 Å². The van der Waals surface area contributed by atoms with E-state index < -0.39 is 21.2 Å². The highest BCUT2D eigenvalue weighted by molar-refractivity contribution is 7.86. The van der Waals surface area contributed by atoms with Crippen LogP contribution in [0.1, 0.15) is 26.3 Å². The molecular weight excluding hydrogens is 338 g/mol. The first-order valence-electron chi connectivity index (χ1n) is 7.29. The second-order valence-electron chi connectivity index (χ2n) is 6.10. The molecule has 2 unspecified atom stereocenters. The monoisotopic (exact) mass is 361 g/mol. The predicted octanol–water partition coefficient (Wildman–Crippen LogP) is 1.82. The van der Waals surface area contributed by atoms with E-state index in [1.54, 1.807) is 6.07 Å². The zero-order chi connectivity index (χ0) is 17.4. The molecule has 1 aromatic rings. The van der Waals surface area contributed by atoms with Gasteiger partial charge in [0.25, 0.3) is 10.1 Å². The predicted molar refractivity (Wildman–Crippen MR) is 90.5 cm³/mol. The summed E-state index contributed by atoms with van der Waals surface area (Å²) in [5.41, 5.74) is 1.81.